The number of Topliss-reactive ketones (excluding diaryl/α,β-unsaturated/α-hetero) is 1. The molecule has 4 rings (SSSR count). The molecule has 164 valence electrons. The van der Waals surface area contributed by atoms with Gasteiger partial charge in [-0.15, -0.1) is 10.2 Å². The average molecular weight is 432 g/mol. The summed E-state index contributed by atoms with van der Waals surface area (Å²) in [5.41, 5.74) is 3.01. The minimum Gasteiger partial charge on any atom is -0.376 e. The van der Waals surface area contributed by atoms with Crippen LogP contribution in [0, 0.1) is 13.8 Å². The SMILES string of the molecule is CCn1c(C)cc(C(=O)CSc2nnc(N3CCCCC3)n2CC2CCCO2)c1C. The Balaban J connectivity index is 1.51. The Kier molecular flexibility index (Phi) is 6.83. The predicted octanol–water partition coefficient (Wildman–Crippen LogP) is 3.86. The van der Waals surface area contributed by atoms with Crippen LogP contribution < -0.4 is 4.90 Å². The highest BCUT2D eigenvalue weighted by molar-refractivity contribution is 7.99. The predicted molar refractivity (Wildman–Crippen MR) is 120 cm³/mol. The van der Waals surface area contributed by atoms with Gasteiger partial charge < -0.3 is 14.2 Å². The van der Waals surface area contributed by atoms with Gasteiger partial charge in [0.2, 0.25) is 5.95 Å². The number of hydrogen-bond donors (Lipinski definition) is 0. The molecule has 2 saturated heterocycles. The smallest absolute Gasteiger partial charge is 0.228 e. The lowest BCUT2D eigenvalue weighted by atomic mass is 10.1. The van der Waals surface area contributed by atoms with Gasteiger partial charge >= 0.3 is 0 Å². The number of piperidine rings is 1. The number of carbonyl (C=O) groups excluding carboxylic acids is 1. The highest BCUT2D eigenvalue weighted by atomic mass is 32.2. The molecule has 0 spiro atoms. The quantitative estimate of drug-likeness (QED) is 0.467. The molecule has 0 aliphatic carbocycles. The highest BCUT2D eigenvalue weighted by Gasteiger charge is 2.25. The van der Waals surface area contributed by atoms with Gasteiger partial charge in [-0.3, -0.25) is 9.36 Å². The van der Waals surface area contributed by atoms with E-state index in [1.807, 2.05) is 13.0 Å². The molecule has 2 aliphatic heterocycles. The van der Waals surface area contributed by atoms with E-state index in [4.69, 9.17) is 4.74 Å². The van der Waals surface area contributed by atoms with Crippen molar-refractivity contribution < 1.29 is 9.53 Å². The maximum Gasteiger partial charge on any atom is 0.228 e. The first-order valence-corrected chi connectivity index (χ1v) is 12.2. The van der Waals surface area contributed by atoms with Gasteiger partial charge in [0.05, 0.1) is 18.4 Å². The lowest BCUT2D eigenvalue weighted by Gasteiger charge is -2.28. The fourth-order valence-corrected chi connectivity index (χ4v) is 5.47. The molecular weight excluding hydrogens is 398 g/mol. The van der Waals surface area contributed by atoms with Crippen LogP contribution in [-0.4, -0.2) is 56.7 Å². The maximum atomic E-state index is 13.0. The van der Waals surface area contributed by atoms with Crippen LogP contribution in [-0.2, 0) is 17.8 Å². The number of rotatable bonds is 8. The van der Waals surface area contributed by atoms with Crippen molar-refractivity contribution in [3.05, 3.63) is 23.0 Å². The molecule has 4 heterocycles. The van der Waals surface area contributed by atoms with E-state index in [-0.39, 0.29) is 11.9 Å². The van der Waals surface area contributed by atoms with Crippen molar-refractivity contribution >= 4 is 23.5 Å². The van der Waals surface area contributed by atoms with Crippen molar-refractivity contribution in [3.8, 4) is 0 Å². The second kappa shape index (κ2) is 9.56. The largest absolute Gasteiger partial charge is 0.376 e. The zero-order chi connectivity index (χ0) is 21.1. The summed E-state index contributed by atoms with van der Waals surface area (Å²) in [7, 11) is 0. The molecule has 0 radical (unpaired) electrons. The Bertz CT molecular complexity index is 878. The third-order valence-electron chi connectivity index (χ3n) is 6.27. The van der Waals surface area contributed by atoms with Gasteiger partial charge in [0.1, 0.15) is 0 Å². The van der Waals surface area contributed by atoms with Crippen molar-refractivity contribution in [2.24, 2.45) is 0 Å². The van der Waals surface area contributed by atoms with Crippen LogP contribution >= 0.6 is 11.8 Å². The number of anilines is 1. The molecule has 30 heavy (non-hydrogen) atoms. The molecule has 0 N–H and O–H groups in total. The van der Waals surface area contributed by atoms with Gasteiger partial charge in [0.25, 0.3) is 0 Å². The summed E-state index contributed by atoms with van der Waals surface area (Å²) in [4.78, 5) is 15.3. The first-order valence-electron chi connectivity index (χ1n) is 11.2. The summed E-state index contributed by atoms with van der Waals surface area (Å²) in [6, 6.07) is 2.01. The van der Waals surface area contributed by atoms with Crippen molar-refractivity contribution in [1.82, 2.24) is 19.3 Å². The monoisotopic (exact) mass is 431 g/mol. The molecule has 2 aliphatic rings. The summed E-state index contributed by atoms with van der Waals surface area (Å²) in [5.74, 6) is 1.46. The average Bonchev–Trinajstić information content (AvgIpc) is 3.47. The summed E-state index contributed by atoms with van der Waals surface area (Å²) in [5, 5.41) is 9.83. The number of carbonyl (C=O) groups is 1. The lowest BCUT2D eigenvalue weighted by molar-refractivity contribution is 0.0951. The minimum absolute atomic E-state index is 0.152. The molecule has 0 amide bonds. The van der Waals surface area contributed by atoms with Crippen LogP contribution in [0.25, 0.3) is 0 Å². The van der Waals surface area contributed by atoms with E-state index in [9.17, 15) is 4.79 Å². The fraction of sp³-hybridized carbons (Fsp3) is 0.682. The van der Waals surface area contributed by atoms with Crippen LogP contribution in [0.4, 0.5) is 5.95 Å². The summed E-state index contributed by atoms with van der Waals surface area (Å²) in [6.45, 7) is 10.7. The minimum atomic E-state index is 0.152. The van der Waals surface area contributed by atoms with E-state index in [0.29, 0.717) is 5.75 Å². The standard InChI is InChI=1S/C22H33N5O2S/c1-4-26-16(2)13-19(17(26)3)20(28)15-30-22-24-23-21(25-10-6-5-7-11-25)27(22)14-18-9-8-12-29-18/h13,18H,4-12,14-15H2,1-3H3. The molecule has 0 bridgehead atoms. The molecule has 2 aromatic rings. The summed E-state index contributed by atoms with van der Waals surface area (Å²) >= 11 is 1.50. The Labute approximate surface area is 183 Å². The number of ketones is 1. The third kappa shape index (κ3) is 4.44. The molecular formula is C22H33N5O2S. The van der Waals surface area contributed by atoms with Gasteiger partial charge in [-0.25, -0.2) is 0 Å². The third-order valence-corrected chi connectivity index (χ3v) is 7.24. The molecule has 1 atom stereocenters. The van der Waals surface area contributed by atoms with Crippen molar-refractivity contribution in [2.45, 2.75) is 77.2 Å². The van der Waals surface area contributed by atoms with Crippen LogP contribution in [0.1, 0.15) is 60.8 Å². The topological polar surface area (TPSA) is 65.2 Å². The zero-order valence-corrected chi connectivity index (χ0v) is 19.2. The second-order valence-electron chi connectivity index (χ2n) is 8.32. The van der Waals surface area contributed by atoms with Crippen LogP contribution in [0.15, 0.2) is 11.2 Å². The highest BCUT2D eigenvalue weighted by Crippen LogP contribution is 2.28. The number of nitrogens with zero attached hydrogens (tertiary/aromatic N) is 5. The first kappa shape index (κ1) is 21.4. The maximum absolute atomic E-state index is 13.0. The van der Waals surface area contributed by atoms with Crippen LogP contribution in [0.3, 0.4) is 0 Å². The van der Waals surface area contributed by atoms with Crippen molar-refractivity contribution in [3.63, 3.8) is 0 Å². The Hall–Kier alpha value is -1.80. The Morgan fingerprint density at radius 3 is 2.63 bits per heavy atom. The van der Waals surface area contributed by atoms with Crippen LogP contribution in [0.5, 0.6) is 0 Å². The number of aromatic nitrogens is 4. The van der Waals surface area contributed by atoms with Gasteiger partial charge in [0.15, 0.2) is 10.9 Å². The van der Waals surface area contributed by atoms with E-state index >= 15 is 0 Å². The van der Waals surface area contributed by atoms with E-state index in [1.165, 1.54) is 31.0 Å². The van der Waals surface area contributed by atoms with E-state index < -0.39 is 0 Å². The molecule has 7 nitrogen and oxygen atoms in total. The first-order chi connectivity index (χ1) is 14.6. The van der Waals surface area contributed by atoms with Gasteiger partial charge in [-0.2, -0.15) is 0 Å². The van der Waals surface area contributed by atoms with Crippen molar-refractivity contribution in [2.75, 3.05) is 30.3 Å². The Morgan fingerprint density at radius 1 is 1.17 bits per heavy atom. The Morgan fingerprint density at radius 2 is 1.97 bits per heavy atom. The summed E-state index contributed by atoms with van der Waals surface area (Å²) < 4.78 is 10.3. The molecule has 8 heteroatoms. The second-order valence-corrected chi connectivity index (χ2v) is 9.26. The van der Waals surface area contributed by atoms with Gasteiger partial charge in [-0.1, -0.05) is 11.8 Å². The molecule has 0 aromatic carbocycles. The van der Waals surface area contributed by atoms with E-state index in [2.05, 4.69) is 38.1 Å². The molecule has 2 fully saturated rings. The number of hydrogen-bond acceptors (Lipinski definition) is 6. The molecule has 1 unspecified atom stereocenters. The van der Waals surface area contributed by atoms with Gasteiger partial charge in [0, 0.05) is 43.2 Å². The number of ether oxygens (including phenoxy) is 1. The van der Waals surface area contributed by atoms with Crippen molar-refractivity contribution in [1.29, 1.82) is 0 Å². The fourth-order valence-electron chi connectivity index (χ4n) is 4.65. The lowest BCUT2D eigenvalue weighted by Crippen LogP contribution is -2.33. The number of thioether (sulfide) groups is 1. The molecule has 0 saturated carbocycles. The van der Waals surface area contributed by atoms with Gasteiger partial charge in [-0.05, 0) is 58.9 Å². The summed E-state index contributed by atoms with van der Waals surface area (Å²) in [6.07, 6.45) is 6.07. The van der Waals surface area contributed by atoms with E-state index in [0.717, 1.165) is 73.7 Å². The van der Waals surface area contributed by atoms with Crippen LogP contribution in [0.2, 0.25) is 0 Å². The normalized spacial score (nSPS) is 19.6. The zero-order valence-electron chi connectivity index (χ0n) is 18.4. The van der Waals surface area contributed by atoms with E-state index in [1.54, 1.807) is 0 Å². The number of aryl methyl sites for hydroxylation is 1. The molecule has 2 aromatic heterocycles.